The molecule has 0 radical (unpaired) electrons. The van der Waals surface area contributed by atoms with Gasteiger partial charge >= 0.3 is 0 Å². The Morgan fingerprint density at radius 3 is 2.54 bits per heavy atom. The van der Waals surface area contributed by atoms with Crippen molar-refractivity contribution < 1.29 is 13.6 Å². The van der Waals surface area contributed by atoms with Crippen molar-refractivity contribution in [2.75, 3.05) is 11.9 Å². The second-order valence-corrected chi connectivity index (χ2v) is 5.84. The summed E-state index contributed by atoms with van der Waals surface area (Å²) in [7, 11) is 0. The van der Waals surface area contributed by atoms with Gasteiger partial charge in [0.25, 0.3) is 0 Å². The highest BCUT2D eigenvalue weighted by atomic mass is 35.5. The van der Waals surface area contributed by atoms with E-state index in [-0.39, 0.29) is 31.1 Å². The Kier molecular flexibility index (Phi) is 6.15. The first-order valence-corrected chi connectivity index (χ1v) is 7.66. The molecule has 0 bridgehead atoms. The van der Waals surface area contributed by atoms with E-state index >= 15 is 0 Å². The number of anilines is 1. The number of hydrogen-bond acceptors (Lipinski definition) is 2. The molecule has 0 aliphatic carbocycles. The topological polar surface area (TPSA) is 41.1 Å². The van der Waals surface area contributed by atoms with E-state index in [2.05, 4.69) is 10.6 Å². The summed E-state index contributed by atoms with van der Waals surface area (Å²) in [6.07, 6.45) is -0.956. The Bertz CT molecular complexity index is 742. The first-order chi connectivity index (χ1) is 11.1. The van der Waals surface area contributed by atoms with E-state index in [0.717, 1.165) is 0 Å². The first kappa shape index (κ1) is 18.6. The van der Waals surface area contributed by atoms with Gasteiger partial charge in [-0.1, -0.05) is 41.9 Å². The van der Waals surface area contributed by atoms with Gasteiger partial charge in [0.15, 0.2) is 5.82 Å². The van der Waals surface area contributed by atoms with Crippen molar-refractivity contribution in [1.29, 1.82) is 0 Å². The molecule has 0 aromatic heterocycles. The second kappa shape index (κ2) is 7.92. The predicted molar refractivity (Wildman–Crippen MR) is 94.0 cm³/mol. The van der Waals surface area contributed by atoms with Gasteiger partial charge in [-0.05, 0) is 12.1 Å². The van der Waals surface area contributed by atoms with Crippen molar-refractivity contribution in [3.05, 3.63) is 53.3 Å². The summed E-state index contributed by atoms with van der Waals surface area (Å²) in [4.78, 5) is 12.1. The summed E-state index contributed by atoms with van der Waals surface area (Å²) in [5, 5.41) is 5.71. The number of halogens is 4. The highest BCUT2D eigenvalue weighted by Crippen LogP contribution is 2.32. The molecule has 2 atom stereocenters. The fraction of sp³-hybridized carbons (Fsp3) is 0.235. The molecule has 1 fully saturated rings. The number of carbonyl (C=O) groups excluding carboxylic acids is 1. The van der Waals surface area contributed by atoms with Gasteiger partial charge in [-0.25, -0.2) is 8.78 Å². The minimum absolute atomic E-state index is 0. The second-order valence-electron chi connectivity index (χ2n) is 5.43. The molecule has 2 N–H and O–H groups in total. The highest BCUT2D eigenvalue weighted by molar-refractivity contribution is 6.33. The predicted octanol–water partition coefficient (Wildman–Crippen LogP) is 4.21. The van der Waals surface area contributed by atoms with E-state index in [9.17, 15) is 13.6 Å². The van der Waals surface area contributed by atoms with Crippen molar-refractivity contribution in [1.82, 2.24) is 5.32 Å². The Hall–Kier alpha value is -1.69. The SMILES string of the molecule is Cl.O=C(Nc1cccc(-c2ccccc2Cl)c1F)[C@@H]1C[C@@H](F)CN1. The molecule has 1 saturated heterocycles. The van der Waals surface area contributed by atoms with Gasteiger partial charge in [0.05, 0.1) is 11.7 Å². The molecular weight excluding hydrogens is 357 g/mol. The molecule has 0 unspecified atom stereocenters. The van der Waals surface area contributed by atoms with Crippen LogP contribution in [0.25, 0.3) is 11.1 Å². The zero-order chi connectivity index (χ0) is 16.4. The van der Waals surface area contributed by atoms with E-state index in [4.69, 9.17) is 11.6 Å². The van der Waals surface area contributed by atoms with Crippen LogP contribution in [0.1, 0.15) is 6.42 Å². The summed E-state index contributed by atoms with van der Waals surface area (Å²) >= 11 is 6.10. The lowest BCUT2D eigenvalue weighted by molar-refractivity contribution is -0.117. The van der Waals surface area contributed by atoms with E-state index in [1.54, 1.807) is 36.4 Å². The van der Waals surface area contributed by atoms with Crippen LogP contribution in [-0.2, 0) is 4.79 Å². The van der Waals surface area contributed by atoms with Crippen molar-refractivity contribution in [2.45, 2.75) is 18.6 Å². The first-order valence-electron chi connectivity index (χ1n) is 7.28. The van der Waals surface area contributed by atoms with Crippen LogP contribution >= 0.6 is 24.0 Å². The third kappa shape index (κ3) is 3.86. The maximum atomic E-state index is 14.7. The standard InChI is InChI=1S/C17H15ClF2N2O.ClH/c18-13-6-2-1-4-11(13)12-5-3-7-14(16(12)20)22-17(23)15-8-10(19)9-21-15;/h1-7,10,15,21H,8-9H2,(H,22,23);1H/t10-,15+;/m1./s1. The van der Waals surface area contributed by atoms with E-state index in [1.165, 1.54) is 6.07 Å². The van der Waals surface area contributed by atoms with Crippen LogP contribution in [-0.4, -0.2) is 24.7 Å². The molecule has 1 amide bonds. The average molecular weight is 373 g/mol. The average Bonchev–Trinajstić information content (AvgIpc) is 2.97. The quantitative estimate of drug-likeness (QED) is 0.847. The molecular formula is C17H16Cl2F2N2O. The summed E-state index contributed by atoms with van der Waals surface area (Å²) < 4.78 is 27.8. The Morgan fingerprint density at radius 1 is 1.17 bits per heavy atom. The van der Waals surface area contributed by atoms with Crippen molar-refractivity contribution >= 4 is 35.6 Å². The van der Waals surface area contributed by atoms with Crippen LogP contribution in [0.2, 0.25) is 5.02 Å². The normalized spacial score (nSPS) is 19.6. The van der Waals surface area contributed by atoms with E-state index in [0.29, 0.717) is 16.1 Å². The number of benzene rings is 2. The molecule has 2 aromatic rings. The molecule has 1 aliphatic rings. The van der Waals surface area contributed by atoms with Gasteiger partial charge in [0.1, 0.15) is 6.17 Å². The number of alkyl halides is 1. The van der Waals surface area contributed by atoms with Gasteiger partial charge in [-0.2, -0.15) is 0 Å². The number of carbonyl (C=O) groups is 1. The maximum absolute atomic E-state index is 14.7. The lowest BCUT2D eigenvalue weighted by atomic mass is 10.0. The summed E-state index contributed by atoms with van der Waals surface area (Å²) in [5.41, 5.74) is 0.901. The zero-order valence-electron chi connectivity index (χ0n) is 12.6. The summed E-state index contributed by atoms with van der Waals surface area (Å²) in [5.74, 6) is -1.01. The third-order valence-electron chi connectivity index (χ3n) is 3.81. The van der Waals surface area contributed by atoms with Crippen LogP contribution in [0.4, 0.5) is 14.5 Å². The molecule has 3 nitrogen and oxygen atoms in total. The van der Waals surface area contributed by atoms with Crippen LogP contribution in [0.3, 0.4) is 0 Å². The van der Waals surface area contributed by atoms with Crippen LogP contribution < -0.4 is 10.6 Å². The minimum atomic E-state index is -1.05. The van der Waals surface area contributed by atoms with Crippen LogP contribution in [0.5, 0.6) is 0 Å². The van der Waals surface area contributed by atoms with Gasteiger partial charge < -0.3 is 10.6 Å². The molecule has 128 valence electrons. The number of hydrogen-bond donors (Lipinski definition) is 2. The highest BCUT2D eigenvalue weighted by Gasteiger charge is 2.29. The molecule has 7 heteroatoms. The van der Waals surface area contributed by atoms with Gasteiger partial charge in [-0.15, -0.1) is 12.4 Å². The molecule has 0 spiro atoms. The van der Waals surface area contributed by atoms with Crippen LogP contribution in [0, 0.1) is 5.82 Å². The van der Waals surface area contributed by atoms with Crippen LogP contribution in [0.15, 0.2) is 42.5 Å². The van der Waals surface area contributed by atoms with Gasteiger partial charge in [0, 0.05) is 29.1 Å². The van der Waals surface area contributed by atoms with Gasteiger partial charge in [0.2, 0.25) is 5.91 Å². The molecule has 1 heterocycles. The van der Waals surface area contributed by atoms with Crippen molar-refractivity contribution in [3.63, 3.8) is 0 Å². The lowest BCUT2D eigenvalue weighted by Gasteiger charge is -2.14. The molecule has 3 rings (SSSR count). The number of rotatable bonds is 3. The zero-order valence-corrected chi connectivity index (χ0v) is 14.1. The smallest absolute Gasteiger partial charge is 0.241 e. The Labute approximate surface area is 149 Å². The van der Waals surface area contributed by atoms with Gasteiger partial charge in [-0.3, -0.25) is 4.79 Å². The minimum Gasteiger partial charge on any atom is -0.322 e. The third-order valence-corrected chi connectivity index (χ3v) is 4.14. The molecule has 24 heavy (non-hydrogen) atoms. The molecule has 2 aromatic carbocycles. The van der Waals surface area contributed by atoms with E-state index in [1.807, 2.05) is 0 Å². The fourth-order valence-electron chi connectivity index (χ4n) is 2.63. The monoisotopic (exact) mass is 372 g/mol. The van der Waals surface area contributed by atoms with Crippen molar-refractivity contribution in [2.24, 2.45) is 0 Å². The van der Waals surface area contributed by atoms with E-state index < -0.39 is 23.9 Å². The molecule has 0 saturated carbocycles. The summed E-state index contributed by atoms with van der Waals surface area (Å²) in [6.45, 7) is 0.139. The molecule has 1 aliphatic heterocycles. The maximum Gasteiger partial charge on any atom is 0.241 e. The largest absolute Gasteiger partial charge is 0.322 e. The Balaban J connectivity index is 0.00000208. The number of nitrogens with one attached hydrogen (secondary N) is 2. The lowest BCUT2D eigenvalue weighted by Crippen LogP contribution is -2.35. The fourth-order valence-corrected chi connectivity index (χ4v) is 2.87. The van der Waals surface area contributed by atoms with Crippen molar-refractivity contribution in [3.8, 4) is 11.1 Å². The number of amides is 1. The Morgan fingerprint density at radius 2 is 1.88 bits per heavy atom. The summed E-state index contributed by atoms with van der Waals surface area (Å²) in [6, 6.07) is 11.0.